The molecule has 0 saturated carbocycles. The van der Waals surface area contributed by atoms with Crippen LogP contribution in [0.25, 0.3) is 0 Å². The lowest BCUT2D eigenvalue weighted by atomic mass is 9.97. The van der Waals surface area contributed by atoms with Gasteiger partial charge in [0.05, 0.1) is 25.5 Å². The number of H-pyrrole nitrogens is 1. The Bertz CT molecular complexity index is 924. The summed E-state index contributed by atoms with van der Waals surface area (Å²) < 4.78 is 10.6. The fourth-order valence-electron chi connectivity index (χ4n) is 4.27. The summed E-state index contributed by atoms with van der Waals surface area (Å²) in [5.74, 6) is 1.90. The minimum absolute atomic E-state index is 0.00771. The monoisotopic (exact) mass is 427 g/mol. The van der Waals surface area contributed by atoms with Crippen molar-refractivity contribution >= 4 is 11.8 Å². The normalized spacial score (nSPS) is 21.8. The Hall–Kier alpha value is -2.94. The number of rotatable bonds is 6. The van der Waals surface area contributed by atoms with Crippen LogP contribution in [-0.4, -0.2) is 71.4 Å². The van der Waals surface area contributed by atoms with E-state index in [-0.39, 0.29) is 36.1 Å². The molecule has 4 rings (SSSR count). The second kappa shape index (κ2) is 9.47. The largest absolute Gasteiger partial charge is 0.497 e. The molecule has 2 aromatic rings. The number of ether oxygens (including phenoxy) is 2. The third kappa shape index (κ3) is 5.04. The van der Waals surface area contributed by atoms with Crippen molar-refractivity contribution in [2.45, 2.75) is 38.1 Å². The summed E-state index contributed by atoms with van der Waals surface area (Å²) in [5, 5.41) is 10.3. The first-order valence-electron chi connectivity index (χ1n) is 10.7. The van der Waals surface area contributed by atoms with Gasteiger partial charge in [0.15, 0.2) is 5.82 Å². The van der Waals surface area contributed by atoms with Crippen molar-refractivity contribution in [2.75, 3.05) is 33.4 Å². The van der Waals surface area contributed by atoms with Crippen molar-refractivity contribution in [3.8, 4) is 5.75 Å². The van der Waals surface area contributed by atoms with E-state index >= 15 is 0 Å². The van der Waals surface area contributed by atoms with Gasteiger partial charge in [-0.1, -0.05) is 12.1 Å². The molecular weight excluding hydrogens is 398 g/mol. The zero-order chi connectivity index (χ0) is 21.8. The van der Waals surface area contributed by atoms with Gasteiger partial charge in [0.2, 0.25) is 11.8 Å². The number of aromatic nitrogens is 3. The molecule has 2 aliphatic rings. The van der Waals surface area contributed by atoms with Gasteiger partial charge in [-0.05, 0) is 37.5 Å². The summed E-state index contributed by atoms with van der Waals surface area (Å²) in [5.41, 5.74) is 0.893. The first-order chi connectivity index (χ1) is 15.0. The molecule has 2 aliphatic heterocycles. The molecule has 9 nitrogen and oxygen atoms in total. The van der Waals surface area contributed by atoms with E-state index in [1.54, 1.807) is 12.0 Å². The smallest absolute Gasteiger partial charge is 0.227 e. The molecule has 2 N–H and O–H groups in total. The van der Waals surface area contributed by atoms with Crippen molar-refractivity contribution in [1.82, 2.24) is 25.4 Å². The average Bonchev–Trinajstić information content (AvgIpc) is 3.40. The third-order valence-electron chi connectivity index (χ3n) is 6.03. The number of likely N-dealkylation sites (tertiary alicyclic amines) is 1. The number of benzene rings is 1. The fourth-order valence-corrected chi connectivity index (χ4v) is 4.27. The second-order valence-electron chi connectivity index (χ2n) is 8.21. The number of aromatic amines is 1. The van der Waals surface area contributed by atoms with Gasteiger partial charge in [0.1, 0.15) is 11.6 Å². The summed E-state index contributed by atoms with van der Waals surface area (Å²) >= 11 is 0. The zero-order valence-corrected chi connectivity index (χ0v) is 18.0. The Morgan fingerprint density at radius 1 is 1.29 bits per heavy atom. The highest BCUT2D eigenvalue weighted by molar-refractivity contribution is 5.81. The molecule has 3 heterocycles. The maximum Gasteiger partial charge on any atom is 0.227 e. The van der Waals surface area contributed by atoms with Gasteiger partial charge < -0.3 is 19.7 Å². The fraction of sp³-hybridized carbons (Fsp3) is 0.545. The molecule has 0 bridgehead atoms. The number of nitrogens with zero attached hydrogens (tertiary/aromatic N) is 3. The molecule has 0 aliphatic carbocycles. The predicted molar refractivity (Wildman–Crippen MR) is 113 cm³/mol. The van der Waals surface area contributed by atoms with Crippen molar-refractivity contribution in [3.63, 3.8) is 0 Å². The average molecular weight is 428 g/mol. The zero-order valence-electron chi connectivity index (χ0n) is 18.0. The molecule has 1 aromatic heterocycles. The Morgan fingerprint density at radius 2 is 2.10 bits per heavy atom. The highest BCUT2D eigenvalue weighted by Gasteiger charge is 2.40. The lowest BCUT2D eigenvalue weighted by molar-refractivity contribution is -0.131. The van der Waals surface area contributed by atoms with Crippen LogP contribution in [0, 0.1) is 12.8 Å². The van der Waals surface area contributed by atoms with Crippen LogP contribution in [0.3, 0.4) is 0 Å². The van der Waals surface area contributed by atoms with E-state index in [4.69, 9.17) is 9.47 Å². The van der Waals surface area contributed by atoms with Crippen molar-refractivity contribution in [2.24, 2.45) is 5.92 Å². The number of amides is 2. The van der Waals surface area contributed by atoms with E-state index in [0.29, 0.717) is 38.0 Å². The van der Waals surface area contributed by atoms with Crippen LogP contribution in [0.15, 0.2) is 24.3 Å². The minimum atomic E-state index is -0.222. The lowest BCUT2D eigenvalue weighted by Crippen LogP contribution is -2.44. The van der Waals surface area contributed by atoms with Gasteiger partial charge in [0.25, 0.3) is 0 Å². The van der Waals surface area contributed by atoms with Gasteiger partial charge in [0, 0.05) is 32.2 Å². The van der Waals surface area contributed by atoms with Crippen molar-refractivity contribution in [1.29, 1.82) is 0 Å². The number of hydrogen-bond acceptors (Lipinski definition) is 6. The number of nitrogens with one attached hydrogen (secondary N) is 2. The lowest BCUT2D eigenvalue weighted by Gasteiger charge is -2.24. The van der Waals surface area contributed by atoms with Gasteiger partial charge in [-0.15, -0.1) is 0 Å². The number of hydrogen-bond donors (Lipinski definition) is 2. The summed E-state index contributed by atoms with van der Waals surface area (Å²) in [4.78, 5) is 32.1. The molecule has 1 aromatic carbocycles. The number of methoxy groups -OCH3 is 1. The SMILES string of the molecule is COc1cccc(CC(=O)N2C[C@@H](NC(=O)C3CCOCC3)[C@H](c3n[nH]c(C)n3)C2)c1. The highest BCUT2D eigenvalue weighted by Crippen LogP contribution is 2.27. The van der Waals surface area contributed by atoms with Crippen LogP contribution in [0.4, 0.5) is 0 Å². The van der Waals surface area contributed by atoms with E-state index in [2.05, 4.69) is 20.5 Å². The molecule has 2 amide bonds. The number of carbonyl (C=O) groups is 2. The molecule has 2 atom stereocenters. The van der Waals surface area contributed by atoms with Crippen LogP contribution in [0.1, 0.15) is 36.0 Å². The van der Waals surface area contributed by atoms with E-state index in [0.717, 1.165) is 24.2 Å². The Kier molecular flexibility index (Phi) is 6.50. The number of aryl methyl sites for hydroxylation is 1. The molecule has 166 valence electrons. The summed E-state index contributed by atoms with van der Waals surface area (Å²) in [6.45, 7) is 3.97. The maximum atomic E-state index is 13.0. The van der Waals surface area contributed by atoms with Gasteiger partial charge in [-0.25, -0.2) is 4.98 Å². The highest BCUT2D eigenvalue weighted by atomic mass is 16.5. The first-order valence-corrected chi connectivity index (χ1v) is 10.7. The number of carbonyl (C=O) groups excluding carboxylic acids is 2. The molecule has 31 heavy (non-hydrogen) atoms. The molecular formula is C22H29N5O4. The minimum Gasteiger partial charge on any atom is -0.497 e. The Morgan fingerprint density at radius 3 is 2.81 bits per heavy atom. The van der Waals surface area contributed by atoms with E-state index in [9.17, 15) is 9.59 Å². The van der Waals surface area contributed by atoms with Crippen LogP contribution in [0.5, 0.6) is 5.75 Å². The quantitative estimate of drug-likeness (QED) is 0.717. The predicted octanol–water partition coefficient (Wildman–Crippen LogP) is 1.20. The van der Waals surface area contributed by atoms with Gasteiger partial charge in [-0.3, -0.25) is 14.7 Å². The molecule has 9 heteroatoms. The Balaban J connectivity index is 1.46. The maximum absolute atomic E-state index is 13.0. The third-order valence-corrected chi connectivity index (χ3v) is 6.03. The second-order valence-corrected chi connectivity index (χ2v) is 8.21. The molecule has 2 saturated heterocycles. The van der Waals surface area contributed by atoms with Crippen LogP contribution < -0.4 is 10.1 Å². The van der Waals surface area contributed by atoms with Crippen LogP contribution >= 0.6 is 0 Å². The molecule has 2 fully saturated rings. The molecule has 0 unspecified atom stereocenters. The van der Waals surface area contributed by atoms with E-state index < -0.39 is 0 Å². The van der Waals surface area contributed by atoms with E-state index in [1.165, 1.54) is 0 Å². The van der Waals surface area contributed by atoms with E-state index in [1.807, 2.05) is 31.2 Å². The van der Waals surface area contributed by atoms with Gasteiger partial charge in [-0.2, -0.15) is 5.10 Å². The molecule has 0 radical (unpaired) electrons. The van der Waals surface area contributed by atoms with Crippen molar-refractivity contribution < 1.29 is 19.1 Å². The van der Waals surface area contributed by atoms with Gasteiger partial charge >= 0.3 is 0 Å². The van der Waals surface area contributed by atoms with Crippen LogP contribution in [-0.2, 0) is 20.7 Å². The Labute approximate surface area is 181 Å². The molecule has 0 spiro atoms. The standard InChI is InChI=1S/C22H29N5O4/c1-14-23-21(26-25-14)18-12-27(20(28)11-15-4-3-5-17(10-15)30-2)13-19(18)24-22(29)16-6-8-31-9-7-16/h3-5,10,16,18-19H,6-9,11-13H2,1-2H3,(H,24,29)(H,23,25,26)/t18-,19-/m1/s1. The topological polar surface area (TPSA) is 109 Å². The van der Waals surface area contributed by atoms with Crippen LogP contribution in [0.2, 0.25) is 0 Å². The first kappa shape index (κ1) is 21.3. The summed E-state index contributed by atoms with van der Waals surface area (Å²) in [6.07, 6.45) is 1.72. The summed E-state index contributed by atoms with van der Waals surface area (Å²) in [6, 6.07) is 7.29. The van der Waals surface area contributed by atoms with Crippen molar-refractivity contribution in [3.05, 3.63) is 41.5 Å². The summed E-state index contributed by atoms with van der Waals surface area (Å²) in [7, 11) is 1.61.